The molecule has 0 fully saturated rings. The Labute approximate surface area is 189 Å². The van der Waals surface area contributed by atoms with E-state index in [4.69, 9.17) is 9.47 Å². The summed E-state index contributed by atoms with van der Waals surface area (Å²) in [6.07, 6.45) is 5.93. The number of phenolic OH excluding ortho intramolecular Hbond substituents is 1. The number of hydrazone groups is 1. The van der Waals surface area contributed by atoms with E-state index in [2.05, 4.69) is 15.8 Å². The molecule has 170 valence electrons. The van der Waals surface area contributed by atoms with Gasteiger partial charge in [0, 0.05) is 4.88 Å². The first-order valence-electron chi connectivity index (χ1n) is 10.3. The van der Waals surface area contributed by atoms with Crippen molar-refractivity contribution in [3.05, 3.63) is 39.8 Å². The van der Waals surface area contributed by atoms with Crippen LogP contribution < -0.4 is 15.5 Å². The van der Waals surface area contributed by atoms with E-state index < -0.39 is 17.8 Å². The average Bonchev–Trinajstić information content (AvgIpc) is 2.95. The number of aromatic hydroxyl groups is 1. The van der Waals surface area contributed by atoms with Gasteiger partial charge in [-0.2, -0.15) is 5.10 Å². The number of ether oxygens (including phenoxy) is 2. The number of phenols is 1. The van der Waals surface area contributed by atoms with Crippen LogP contribution in [0.2, 0.25) is 0 Å². The van der Waals surface area contributed by atoms with Crippen LogP contribution in [0, 0.1) is 0 Å². The van der Waals surface area contributed by atoms with E-state index in [-0.39, 0.29) is 18.1 Å². The van der Waals surface area contributed by atoms with Crippen LogP contribution >= 0.6 is 11.3 Å². The predicted octanol–water partition coefficient (Wildman–Crippen LogP) is 3.00. The molecule has 9 nitrogen and oxygen atoms in total. The Bertz CT molecular complexity index is 1050. The van der Waals surface area contributed by atoms with Crippen molar-refractivity contribution in [1.29, 1.82) is 0 Å². The Morgan fingerprint density at radius 1 is 1.19 bits per heavy atom. The van der Waals surface area contributed by atoms with E-state index in [1.54, 1.807) is 13.0 Å². The van der Waals surface area contributed by atoms with E-state index in [1.807, 2.05) is 0 Å². The van der Waals surface area contributed by atoms with Crippen molar-refractivity contribution >= 4 is 40.3 Å². The number of methoxy groups -OCH3 is 1. The Kier molecular flexibility index (Phi) is 7.82. The van der Waals surface area contributed by atoms with Gasteiger partial charge in [-0.1, -0.05) is 6.42 Å². The maximum absolute atomic E-state index is 12.5. The summed E-state index contributed by atoms with van der Waals surface area (Å²) in [4.78, 5) is 38.2. The number of anilines is 1. The molecule has 1 aromatic carbocycles. The second-order valence-electron chi connectivity index (χ2n) is 7.07. The van der Waals surface area contributed by atoms with Crippen LogP contribution in [0.4, 0.5) is 5.00 Å². The topological polar surface area (TPSA) is 126 Å². The van der Waals surface area contributed by atoms with Gasteiger partial charge in [-0.15, -0.1) is 11.3 Å². The van der Waals surface area contributed by atoms with Gasteiger partial charge in [-0.3, -0.25) is 9.59 Å². The molecule has 1 aliphatic rings. The highest BCUT2D eigenvalue weighted by Gasteiger charge is 2.27. The smallest absolute Gasteiger partial charge is 0.341 e. The Morgan fingerprint density at radius 2 is 1.97 bits per heavy atom. The Morgan fingerprint density at radius 3 is 2.72 bits per heavy atom. The molecule has 0 aliphatic heterocycles. The molecule has 0 spiro atoms. The summed E-state index contributed by atoms with van der Waals surface area (Å²) in [7, 11) is 1.41. The maximum atomic E-state index is 12.5. The summed E-state index contributed by atoms with van der Waals surface area (Å²) in [5.74, 6) is -2.19. The second-order valence-corrected chi connectivity index (χ2v) is 8.18. The highest BCUT2D eigenvalue weighted by atomic mass is 32.1. The minimum Gasteiger partial charge on any atom is -0.504 e. The highest BCUT2D eigenvalue weighted by Crippen LogP contribution is 2.38. The van der Waals surface area contributed by atoms with Gasteiger partial charge in [0.1, 0.15) is 5.00 Å². The molecule has 0 unspecified atom stereocenters. The lowest BCUT2D eigenvalue weighted by molar-refractivity contribution is -0.136. The van der Waals surface area contributed by atoms with Crippen LogP contribution in [0.5, 0.6) is 11.5 Å². The van der Waals surface area contributed by atoms with E-state index in [0.717, 1.165) is 42.5 Å². The number of rotatable bonds is 6. The Balaban J connectivity index is 1.71. The van der Waals surface area contributed by atoms with Crippen LogP contribution in [-0.2, 0) is 27.2 Å². The summed E-state index contributed by atoms with van der Waals surface area (Å²) in [6.45, 7) is 1.93. The van der Waals surface area contributed by atoms with Gasteiger partial charge in [0.2, 0.25) is 0 Å². The molecular weight excluding hydrogens is 434 g/mol. The molecule has 2 amide bonds. The van der Waals surface area contributed by atoms with Crippen molar-refractivity contribution in [2.24, 2.45) is 5.10 Å². The zero-order chi connectivity index (χ0) is 23.1. The molecule has 0 bridgehead atoms. The van der Waals surface area contributed by atoms with Crippen LogP contribution in [-0.4, -0.2) is 42.8 Å². The van der Waals surface area contributed by atoms with E-state index in [1.165, 1.54) is 36.8 Å². The number of hydrogen-bond donors (Lipinski definition) is 3. The van der Waals surface area contributed by atoms with Crippen molar-refractivity contribution in [2.45, 2.75) is 39.0 Å². The number of benzene rings is 1. The molecule has 0 saturated heterocycles. The number of aryl methyl sites for hydroxylation is 1. The lowest BCUT2D eigenvalue weighted by Crippen LogP contribution is -2.32. The van der Waals surface area contributed by atoms with Crippen LogP contribution in [0.15, 0.2) is 23.3 Å². The first-order chi connectivity index (χ1) is 15.4. The molecule has 32 heavy (non-hydrogen) atoms. The van der Waals surface area contributed by atoms with Gasteiger partial charge in [-0.05, 0) is 61.9 Å². The van der Waals surface area contributed by atoms with Crippen LogP contribution in [0.25, 0.3) is 0 Å². The van der Waals surface area contributed by atoms with Crippen molar-refractivity contribution in [3.63, 3.8) is 0 Å². The third kappa shape index (κ3) is 5.44. The lowest BCUT2D eigenvalue weighted by atomic mass is 10.1. The Hall–Kier alpha value is -3.40. The predicted molar refractivity (Wildman–Crippen MR) is 121 cm³/mol. The lowest BCUT2D eigenvalue weighted by Gasteiger charge is -2.08. The fraction of sp³-hybridized carbons (Fsp3) is 0.364. The maximum Gasteiger partial charge on any atom is 0.341 e. The van der Waals surface area contributed by atoms with Crippen LogP contribution in [0.3, 0.4) is 0 Å². The van der Waals surface area contributed by atoms with Crippen molar-refractivity contribution in [1.82, 2.24) is 5.43 Å². The third-order valence-electron chi connectivity index (χ3n) is 4.92. The largest absolute Gasteiger partial charge is 0.504 e. The summed E-state index contributed by atoms with van der Waals surface area (Å²) >= 11 is 1.31. The van der Waals surface area contributed by atoms with Gasteiger partial charge in [0.15, 0.2) is 11.5 Å². The summed E-state index contributed by atoms with van der Waals surface area (Å²) in [5, 5.41) is 16.2. The standard InChI is InChI=1S/C22H25N3O6S/c1-3-31-22(29)18-14-7-5-4-6-8-17(14)32-21(18)24-19(27)20(28)25-23-12-13-9-10-15(26)16(11-13)30-2/h9-12,26H,3-8H2,1-2H3,(H,24,27)(H,25,28). The number of hydrogen-bond acceptors (Lipinski definition) is 8. The SMILES string of the molecule is CCOC(=O)c1c(NC(=O)C(=O)NN=Cc2ccc(O)c(OC)c2)sc2c1CCCCC2. The normalized spacial score (nSPS) is 13.2. The number of amides is 2. The monoisotopic (exact) mass is 459 g/mol. The number of esters is 1. The fourth-order valence-electron chi connectivity index (χ4n) is 3.40. The molecule has 10 heteroatoms. The van der Waals surface area contributed by atoms with Crippen LogP contribution in [0.1, 0.15) is 52.5 Å². The molecule has 0 radical (unpaired) electrons. The van der Waals surface area contributed by atoms with Gasteiger partial charge in [0.25, 0.3) is 0 Å². The second kappa shape index (κ2) is 10.8. The molecule has 2 aromatic rings. The van der Waals surface area contributed by atoms with Crippen molar-refractivity contribution in [3.8, 4) is 11.5 Å². The van der Waals surface area contributed by atoms with Crippen molar-refractivity contribution < 1.29 is 29.0 Å². The number of carbonyl (C=O) groups excluding carboxylic acids is 3. The number of carbonyl (C=O) groups is 3. The molecular formula is C22H25N3O6S. The first kappa shape index (κ1) is 23.3. The number of nitrogens with one attached hydrogen (secondary N) is 2. The number of thiophene rings is 1. The molecule has 0 atom stereocenters. The first-order valence-corrected chi connectivity index (χ1v) is 11.1. The molecule has 1 aliphatic carbocycles. The molecule has 3 rings (SSSR count). The molecule has 1 heterocycles. The zero-order valence-corrected chi connectivity index (χ0v) is 18.7. The van der Waals surface area contributed by atoms with Gasteiger partial charge < -0.3 is 19.9 Å². The van der Waals surface area contributed by atoms with E-state index in [9.17, 15) is 19.5 Å². The van der Waals surface area contributed by atoms with Gasteiger partial charge >= 0.3 is 17.8 Å². The highest BCUT2D eigenvalue weighted by molar-refractivity contribution is 7.17. The van der Waals surface area contributed by atoms with E-state index >= 15 is 0 Å². The quantitative estimate of drug-likeness (QED) is 0.200. The van der Waals surface area contributed by atoms with Crippen molar-refractivity contribution in [2.75, 3.05) is 19.0 Å². The van der Waals surface area contributed by atoms with Gasteiger partial charge in [-0.25, -0.2) is 10.2 Å². The summed E-state index contributed by atoms with van der Waals surface area (Å²) in [6, 6.07) is 4.51. The fourth-order valence-corrected chi connectivity index (χ4v) is 4.67. The van der Waals surface area contributed by atoms with Gasteiger partial charge in [0.05, 0.1) is 25.5 Å². The minimum absolute atomic E-state index is 0.0279. The van der Waals surface area contributed by atoms with E-state index in [0.29, 0.717) is 16.1 Å². The summed E-state index contributed by atoms with van der Waals surface area (Å²) in [5.41, 5.74) is 3.95. The zero-order valence-electron chi connectivity index (χ0n) is 17.9. The molecule has 1 aromatic heterocycles. The third-order valence-corrected chi connectivity index (χ3v) is 6.12. The minimum atomic E-state index is -0.981. The molecule has 3 N–H and O–H groups in total. The average molecular weight is 460 g/mol. The number of fused-ring (bicyclic) bond motifs is 1. The number of nitrogens with zero attached hydrogens (tertiary/aromatic N) is 1. The molecule has 0 saturated carbocycles. The summed E-state index contributed by atoms with van der Waals surface area (Å²) < 4.78 is 10.2.